The molecule has 2 N–H and O–H groups in total. The Labute approximate surface area is 89.2 Å². The molecule has 0 aromatic carbocycles. The van der Waals surface area contributed by atoms with E-state index in [1.807, 2.05) is 6.07 Å². The SMILES string of the molecule is COc1nnc(C2CCCN2C)cc1N. The number of nitrogen functional groups attached to an aromatic ring is 1. The van der Waals surface area contributed by atoms with Crippen LogP contribution in [0.3, 0.4) is 0 Å². The lowest BCUT2D eigenvalue weighted by atomic mass is 10.1. The lowest BCUT2D eigenvalue weighted by Gasteiger charge is -2.18. The summed E-state index contributed by atoms with van der Waals surface area (Å²) in [6.07, 6.45) is 2.33. The average Bonchev–Trinajstić information content (AvgIpc) is 2.64. The largest absolute Gasteiger partial charge is 0.478 e. The number of hydrogen-bond acceptors (Lipinski definition) is 5. The van der Waals surface area contributed by atoms with Gasteiger partial charge < -0.3 is 10.5 Å². The molecule has 2 rings (SSSR count). The Morgan fingerprint density at radius 2 is 2.33 bits per heavy atom. The van der Waals surface area contributed by atoms with Gasteiger partial charge in [0.2, 0.25) is 0 Å². The van der Waals surface area contributed by atoms with Crippen LogP contribution in [0.2, 0.25) is 0 Å². The first-order valence-electron chi connectivity index (χ1n) is 5.09. The van der Waals surface area contributed by atoms with E-state index in [4.69, 9.17) is 10.5 Å². The van der Waals surface area contributed by atoms with Crippen LogP contribution in [0.1, 0.15) is 24.6 Å². The van der Waals surface area contributed by atoms with Crippen molar-refractivity contribution in [3.8, 4) is 5.88 Å². The summed E-state index contributed by atoms with van der Waals surface area (Å²) in [6.45, 7) is 1.11. The predicted molar refractivity (Wildman–Crippen MR) is 57.6 cm³/mol. The van der Waals surface area contributed by atoms with Crippen molar-refractivity contribution in [2.24, 2.45) is 0 Å². The van der Waals surface area contributed by atoms with Crippen LogP contribution in [0.25, 0.3) is 0 Å². The summed E-state index contributed by atoms with van der Waals surface area (Å²) in [5.74, 6) is 0.402. The highest BCUT2D eigenvalue weighted by Crippen LogP contribution is 2.30. The van der Waals surface area contributed by atoms with Crippen molar-refractivity contribution in [1.29, 1.82) is 0 Å². The van der Waals surface area contributed by atoms with Crippen molar-refractivity contribution >= 4 is 5.69 Å². The Bertz CT molecular complexity index is 355. The second kappa shape index (κ2) is 4.02. The average molecular weight is 208 g/mol. The third-order valence-corrected chi connectivity index (χ3v) is 2.86. The fourth-order valence-corrected chi connectivity index (χ4v) is 2.02. The van der Waals surface area contributed by atoms with Crippen LogP contribution in [0.5, 0.6) is 5.88 Å². The van der Waals surface area contributed by atoms with Gasteiger partial charge in [-0.2, -0.15) is 5.10 Å². The molecule has 5 nitrogen and oxygen atoms in total. The summed E-state index contributed by atoms with van der Waals surface area (Å²) >= 11 is 0. The maximum atomic E-state index is 5.80. The minimum atomic E-state index is 0.353. The number of likely N-dealkylation sites (tertiary alicyclic amines) is 1. The molecule has 82 valence electrons. The number of hydrogen-bond donors (Lipinski definition) is 1. The lowest BCUT2D eigenvalue weighted by Crippen LogP contribution is -2.19. The fourth-order valence-electron chi connectivity index (χ4n) is 2.02. The molecule has 0 aliphatic carbocycles. The van der Waals surface area contributed by atoms with Gasteiger partial charge in [0.05, 0.1) is 24.5 Å². The number of methoxy groups -OCH3 is 1. The normalized spacial score (nSPS) is 21.9. The first kappa shape index (κ1) is 10.2. The first-order chi connectivity index (χ1) is 7.22. The molecule has 1 unspecified atom stereocenters. The van der Waals surface area contributed by atoms with Gasteiger partial charge in [0.1, 0.15) is 0 Å². The van der Waals surface area contributed by atoms with Crippen LogP contribution < -0.4 is 10.5 Å². The van der Waals surface area contributed by atoms with Gasteiger partial charge in [-0.25, -0.2) is 0 Å². The molecule has 1 aromatic rings. The summed E-state index contributed by atoms with van der Waals surface area (Å²) in [5, 5.41) is 8.10. The van der Waals surface area contributed by atoms with Gasteiger partial charge in [-0.3, -0.25) is 4.90 Å². The molecule has 1 aromatic heterocycles. The quantitative estimate of drug-likeness (QED) is 0.780. The van der Waals surface area contributed by atoms with Crippen LogP contribution in [0.4, 0.5) is 5.69 Å². The maximum Gasteiger partial charge on any atom is 0.256 e. The molecule has 5 heteroatoms. The van der Waals surface area contributed by atoms with Gasteiger partial charge in [-0.05, 0) is 32.5 Å². The molecule has 0 amide bonds. The monoisotopic (exact) mass is 208 g/mol. The zero-order chi connectivity index (χ0) is 10.8. The summed E-state index contributed by atoms with van der Waals surface area (Å²) in [7, 11) is 3.64. The zero-order valence-electron chi connectivity index (χ0n) is 9.10. The highest BCUT2D eigenvalue weighted by Gasteiger charge is 2.24. The molecule has 1 aliphatic heterocycles. The van der Waals surface area contributed by atoms with Crippen LogP contribution in [0.15, 0.2) is 6.07 Å². The molecule has 0 radical (unpaired) electrons. The molecule has 1 atom stereocenters. The highest BCUT2D eigenvalue weighted by atomic mass is 16.5. The van der Waals surface area contributed by atoms with Crippen LogP contribution in [-0.2, 0) is 0 Å². The van der Waals surface area contributed by atoms with E-state index in [1.54, 1.807) is 7.11 Å². The molecular weight excluding hydrogens is 192 g/mol. The molecule has 1 saturated heterocycles. The van der Waals surface area contributed by atoms with Gasteiger partial charge >= 0.3 is 0 Å². The van der Waals surface area contributed by atoms with E-state index >= 15 is 0 Å². The van der Waals surface area contributed by atoms with Gasteiger partial charge in [0, 0.05) is 0 Å². The van der Waals surface area contributed by atoms with Crippen molar-refractivity contribution < 1.29 is 4.74 Å². The topological polar surface area (TPSA) is 64.3 Å². The standard InChI is InChI=1S/C10H16N4O/c1-14-5-3-4-9(14)8-6-7(11)10(15-2)13-12-8/h6,9H,3-5H2,1-2H3,(H2,11,12). The third-order valence-electron chi connectivity index (χ3n) is 2.86. The predicted octanol–water partition coefficient (Wildman–Crippen LogP) is 0.834. The zero-order valence-corrected chi connectivity index (χ0v) is 9.10. The van der Waals surface area contributed by atoms with Crippen molar-refractivity contribution in [3.05, 3.63) is 11.8 Å². The molecule has 2 heterocycles. The first-order valence-corrected chi connectivity index (χ1v) is 5.09. The Hall–Kier alpha value is -1.36. The smallest absolute Gasteiger partial charge is 0.256 e. The number of nitrogens with two attached hydrogens (primary N) is 1. The second-order valence-electron chi connectivity index (χ2n) is 3.87. The van der Waals surface area contributed by atoms with Crippen LogP contribution in [0, 0.1) is 0 Å². The van der Waals surface area contributed by atoms with Crippen molar-refractivity contribution in [2.75, 3.05) is 26.4 Å². The Kier molecular flexibility index (Phi) is 2.73. The number of nitrogens with zero attached hydrogens (tertiary/aromatic N) is 3. The molecule has 0 spiro atoms. The van der Waals surface area contributed by atoms with E-state index < -0.39 is 0 Å². The lowest BCUT2D eigenvalue weighted by molar-refractivity contribution is 0.308. The maximum absolute atomic E-state index is 5.80. The van der Waals surface area contributed by atoms with Crippen molar-refractivity contribution in [3.63, 3.8) is 0 Å². The van der Waals surface area contributed by atoms with E-state index in [9.17, 15) is 0 Å². The fraction of sp³-hybridized carbons (Fsp3) is 0.600. The number of anilines is 1. The molecule has 1 fully saturated rings. The Morgan fingerprint density at radius 3 is 2.87 bits per heavy atom. The van der Waals surface area contributed by atoms with E-state index in [-0.39, 0.29) is 0 Å². The number of aromatic nitrogens is 2. The molecule has 0 bridgehead atoms. The highest BCUT2D eigenvalue weighted by molar-refractivity contribution is 5.48. The Balaban J connectivity index is 2.25. The van der Waals surface area contributed by atoms with E-state index in [0.717, 1.165) is 18.7 Å². The van der Waals surface area contributed by atoms with E-state index in [1.165, 1.54) is 6.42 Å². The van der Waals surface area contributed by atoms with Gasteiger partial charge in [0.15, 0.2) is 0 Å². The molecule has 0 saturated carbocycles. The third kappa shape index (κ3) is 1.87. The van der Waals surface area contributed by atoms with E-state index in [2.05, 4.69) is 22.1 Å². The second-order valence-corrected chi connectivity index (χ2v) is 3.87. The van der Waals surface area contributed by atoms with Crippen molar-refractivity contribution in [2.45, 2.75) is 18.9 Å². The van der Waals surface area contributed by atoms with Gasteiger partial charge in [-0.15, -0.1) is 5.10 Å². The minimum absolute atomic E-state index is 0.353. The molecular formula is C10H16N4O. The van der Waals surface area contributed by atoms with Gasteiger partial charge in [-0.1, -0.05) is 0 Å². The number of ether oxygens (including phenoxy) is 1. The van der Waals surface area contributed by atoms with Crippen LogP contribution >= 0.6 is 0 Å². The minimum Gasteiger partial charge on any atom is -0.478 e. The van der Waals surface area contributed by atoms with E-state index in [0.29, 0.717) is 17.6 Å². The molecule has 1 aliphatic rings. The molecule has 15 heavy (non-hydrogen) atoms. The summed E-state index contributed by atoms with van der Waals surface area (Å²) in [5.41, 5.74) is 7.30. The van der Waals surface area contributed by atoms with Crippen molar-refractivity contribution in [1.82, 2.24) is 15.1 Å². The summed E-state index contributed by atoms with van der Waals surface area (Å²) < 4.78 is 4.98. The summed E-state index contributed by atoms with van der Waals surface area (Å²) in [6, 6.07) is 2.21. The number of rotatable bonds is 2. The Morgan fingerprint density at radius 1 is 1.53 bits per heavy atom. The summed E-state index contributed by atoms with van der Waals surface area (Å²) in [4.78, 5) is 2.27. The van der Waals surface area contributed by atoms with Crippen LogP contribution in [-0.4, -0.2) is 35.8 Å². The van der Waals surface area contributed by atoms with Gasteiger partial charge in [0.25, 0.3) is 5.88 Å².